The van der Waals surface area contributed by atoms with Crippen molar-refractivity contribution in [3.63, 3.8) is 0 Å². The summed E-state index contributed by atoms with van der Waals surface area (Å²) < 4.78 is 23.9. The first kappa shape index (κ1) is 14.7. The third-order valence-electron chi connectivity index (χ3n) is 2.71. The Morgan fingerprint density at radius 2 is 1.83 bits per heavy atom. The van der Waals surface area contributed by atoms with Gasteiger partial charge < -0.3 is 5.11 Å². The third kappa shape index (κ3) is 3.82. The lowest BCUT2D eigenvalue weighted by Crippen LogP contribution is -2.05. The number of hydrogen-bond acceptors (Lipinski definition) is 3. The second-order valence-electron chi connectivity index (χ2n) is 4.16. The SMILES string of the molecule is C/C=C(\C)C(O)/C=C/S(=O)(=O)c1ccc(C)cc1. The summed E-state index contributed by atoms with van der Waals surface area (Å²) in [7, 11) is -3.48. The predicted molar refractivity (Wildman–Crippen MR) is 72.9 cm³/mol. The minimum absolute atomic E-state index is 0.231. The Morgan fingerprint density at radius 3 is 2.33 bits per heavy atom. The summed E-state index contributed by atoms with van der Waals surface area (Å²) in [6.45, 7) is 5.43. The molecule has 1 atom stereocenters. The van der Waals surface area contributed by atoms with Crippen LogP contribution >= 0.6 is 0 Å². The molecule has 1 aromatic carbocycles. The maximum absolute atomic E-state index is 11.9. The summed E-state index contributed by atoms with van der Waals surface area (Å²) in [5.41, 5.74) is 1.72. The van der Waals surface area contributed by atoms with Gasteiger partial charge in [-0.2, -0.15) is 0 Å². The molecule has 0 saturated heterocycles. The first-order valence-corrected chi connectivity index (χ1v) is 7.22. The molecule has 0 heterocycles. The highest BCUT2D eigenvalue weighted by atomic mass is 32.2. The molecule has 0 amide bonds. The van der Waals surface area contributed by atoms with Gasteiger partial charge in [-0.25, -0.2) is 8.42 Å². The van der Waals surface area contributed by atoms with Crippen LogP contribution in [0.3, 0.4) is 0 Å². The van der Waals surface area contributed by atoms with Crippen molar-refractivity contribution in [1.82, 2.24) is 0 Å². The van der Waals surface area contributed by atoms with E-state index in [1.54, 1.807) is 44.2 Å². The Bertz CT molecular complexity index is 551. The van der Waals surface area contributed by atoms with Crippen molar-refractivity contribution in [1.29, 1.82) is 0 Å². The average molecular weight is 266 g/mol. The van der Waals surface area contributed by atoms with Crippen molar-refractivity contribution in [2.45, 2.75) is 31.8 Å². The predicted octanol–water partition coefficient (Wildman–Crippen LogP) is 2.61. The number of sulfone groups is 1. The Kier molecular flexibility index (Phi) is 4.87. The van der Waals surface area contributed by atoms with Gasteiger partial charge in [-0.1, -0.05) is 23.8 Å². The van der Waals surface area contributed by atoms with Gasteiger partial charge in [0.15, 0.2) is 9.84 Å². The summed E-state index contributed by atoms with van der Waals surface area (Å²) in [5, 5.41) is 10.7. The monoisotopic (exact) mass is 266 g/mol. The fourth-order valence-electron chi connectivity index (χ4n) is 1.31. The van der Waals surface area contributed by atoms with Crippen molar-refractivity contribution in [3.05, 3.63) is 53.0 Å². The van der Waals surface area contributed by atoms with E-state index in [4.69, 9.17) is 0 Å². The molecule has 0 bridgehead atoms. The average Bonchev–Trinajstić information content (AvgIpc) is 2.35. The third-order valence-corrected chi connectivity index (χ3v) is 4.16. The zero-order valence-electron chi connectivity index (χ0n) is 10.8. The zero-order valence-corrected chi connectivity index (χ0v) is 11.6. The minimum Gasteiger partial charge on any atom is -0.385 e. The summed E-state index contributed by atoms with van der Waals surface area (Å²) >= 11 is 0. The molecule has 1 rings (SSSR count). The van der Waals surface area contributed by atoms with E-state index in [2.05, 4.69) is 0 Å². The Morgan fingerprint density at radius 1 is 1.28 bits per heavy atom. The molecule has 98 valence electrons. The standard InChI is InChI=1S/C14H18O3S/c1-4-12(3)14(15)9-10-18(16,17)13-7-5-11(2)6-8-13/h4-10,14-15H,1-3H3/b10-9+,12-4+. The van der Waals surface area contributed by atoms with Gasteiger partial charge in [-0.05, 0) is 44.6 Å². The Hall–Kier alpha value is -1.39. The molecule has 0 aromatic heterocycles. The van der Waals surface area contributed by atoms with E-state index in [9.17, 15) is 13.5 Å². The molecule has 0 saturated carbocycles. The van der Waals surface area contributed by atoms with E-state index in [1.807, 2.05) is 6.92 Å². The fourth-order valence-corrected chi connectivity index (χ4v) is 2.34. The second kappa shape index (κ2) is 5.98. The smallest absolute Gasteiger partial charge is 0.199 e. The minimum atomic E-state index is -3.48. The molecule has 3 nitrogen and oxygen atoms in total. The van der Waals surface area contributed by atoms with Gasteiger partial charge in [-0.3, -0.25) is 0 Å². The van der Waals surface area contributed by atoms with Gasteiger partial charge in [0.05, 0.1) is 11.0 Å². The quantitative estimate of drug-likeness (QED) is 0.852. The lowest BCUT2D eigenvalue weighted by Gasteiger charge is -2.05. The van der Waals surface area contributed by atoms with Crippen LogP contribution in [0, 0.1) is 6.92 Å². The van der Waals surface area contributed by atoms with E-state index in [-0.39, 0.29) is 4.90 Å². The van der Waals surface area contributed by atoms with Crippen molar-refractivity contribution < 1.29 is 13.5 Å². The van der Waals surface area contributed by atoms with Crippen LogP contribution in [0.1, 0.15) is 19.4 Å². The van der Waals surface area contributed by atoms with Crippen LogP contribution in [0.15, 0.2) is 52.3 Å². The first-order chi connectivity index (χ1) is 8.36. The van der Waals surface area contributed by atoms with E-state index in [1.165, 1.54) is 6.08 Å². The first-order valence-electron chi connectivity index (χ1n) is 5.67. The van der Waals surface area contributed by atoms with E-state index in [0.29, 0.717) is 5.57 Å². The summed E-state index contributed by atoms with van der Waals surface area (Å²) in [6, 6.07) is 6.61. The normalized spacial score (nSPS) is 15.0. The molecule has 0 radical (unpaired) electrons. The zero-order chi connectivity index (χ0) is 13.8. The highest BCUT2D eigenvalue weighted by Crippen LogP contribution is 2.14. The summed E-state index contributed by atoms with van der Waals surface area (Å²) in [4.78, 5) is 0.231. The van der Waals surface area contributed by atoms with Crippen molar-refractivity contribution in [2.75, 3.05) is 0 Å². The molecule has 0 aliphatic carbocycles. The molecule has 18 heavy (non-hydrogen) atoms. The highest BCUT2D eigenvalue weighted by molar-refractivity contribution is 7.94. The lowest BCUT2D eigenvalue weighted by atomic mass is 10.2. The fraction of sp³-hybridized carbons (Fsp3) is 0.286. The van der Waals surface area contributed by atoms with Gasteiger partial charge in [-0.15, -0.1) is 0 Å². The maximum Gasteiger partial charge on any atom is 0.199 e. The summed E-state index contributed by atoms with van der Waals surface area (Å²) in [5.74, 6) is 0. The highest BCUT2D eigenvalue weighted by Gasteiger charge is 2.11. The molecule has 1 aromatic rings. The van der Waals surface area contributed by atoms with Gasteiger partial charge in [0.2, 0.25) is 0 Å². The van der Waals surface area contributed by atoms with Crippen LogP contribution in [0.4, 0.5) is 0 Å². The molecule has 0 aliphatic rings. The number of aliphatic hydroxyl groups excluding tert-OH is 1. The second-order valence-corrected chi connectivity index (χ2v) is 6.00. The van der Waals surface area contributed by atoms with Gasteiger partial charge >= 0.3 is 0 Å². The van der Waals surface area contributed by atoms with Crippen LogP contribution < -0.4 is 0 Å². The molecule has 0 spiro atoms. The van der Waals surface area contributed by atoms with Crippen LogP contribution in [-0.2, 0) is 9.84 Å². The van der Waals surface area contributed by atoms with Crippen LogP contribution in [0.2, 0.25) is 0 Å². The molecular formula is C14H18O3S. The lowest BCUT2D eigenvalue weighted by molar-refractivity contribution is 0.259. The number of aliphatic hydroxyl groups is 1. The number of hydrogen-bond donors (Lipinski definition) is 1. The number of rotatable bonds is 4. The van der Waals surface area contributed by atoms with Crippen molar-refractivity contribution in [2.24, 2.45) is 0 Å². The van der Waals surface area contributed by atoms with Crippen LogP contribution in [0.25, 0.3) is 0 Å². The van der Waals surface area contributed by atoms with Gasteiger partial charge in [0, 0.05) is 5.41 Å². The number of benzene rings is 1. The largest absolute Gasteiger partial charge is 0.385 e. The molecule has 4 heteroatoms. The topological polar surface area (TPSA) is 54.4 Å². The Balaban J connectivity index is 2.95. The molecular weight excluding hydrogens is 248 g/mol. The van der Waals surface area contributed by atoms with Crippen molar-refractivity contribution >= 4 is 9.84 Å². The number of aryl methyl sites for hydroxylation is 1. The van der Waals surface area contributed by atoms with Crippen LogP contribution in [-0.4, -0.2) is 19.6 Å². The molecule has 1 N–H and O–H groups in total. The van der Waals surface area contributed by atoms with Crippen molar-refractivity contribution in [3.8, 4) is 0 Å². The molecule has 0 fully saturated rings. The van der Waals surface area contributed by atoms with E-state index in [0.717, 1.165) is 11.0 Å². The molecule has 0 aliphatic heterocycles. The van der Waals surface area contributed by atoms with Gasteiger partial charge in [0.1, 0.15) is 0 Å². The van der Waals surface area contributed by atoms with Gasteiger partial charge in [0.25, 0.3) is 0 Å². The van der Waals surface area contributed by atoms with E-state index >= 15 is 0 Å². The molecule has 1 unspecified atom stereocenters. The summed E-state index contributed by atoms with van der Waals surface area (Å²) in [6.07, 6.45) is 2.16. The Labute approximate surface area is 108 Å². The van der Waals surface area contributed by atoms with Crippen LogP contribution in [0.5, 0.6) is 0 Å². The van der Waals surface area contributed by atoms with E-state index < -0.39 is 15.9 Å². The maximum atomic E-state index is 11.9. The number of allylic oxidation sites excluding steroid dienone is 1.